The molecule has 0 saturated heterocycles. The molecule has 6 nitrogen and oxygen atoms in total. The lowest BCUT2D eigenvalue weighted by molar-refractivity contribution is -0.136. The summed E-state index contributed by atoms with van der Waals surface area (Å²) in [4.78, 5) is 13.2. The monoisotopic (exact) mass is 493 g/mol. The summed E-state index contributed by atoms with van der Waals surface area (Å²) in [6.45, 7) is 24.0. The highest BCUT2D eigenvalue weighted by Gasteiger charge is 2.48. The van der Waals surface area contributed by atoms with Gasteiger partial charge in [0.15, 0.2) is 0 Å². The number of hydrogen-bond acceptors (Lipinski definition) is 6. The lowest BCUT2D eigenvalue weighted by atomic mass is 10.4. The van der Waals surface area contributed by atoms with Crippen molar-refractivity contribution in [1.82, 2.24) is 4.57 Å². The van der Waals surface area contributed by atoms with Crippen molar-refractivity contribution in [1.29, 1.82) is 0 Å². The summed E-state index contributed by atoms with van der Waals surface area (Å²) < 4.78 is 26.1. The van der Waals surface area contributed by atoms with Crippen LogP contribution in [0.4, 0.5) is 0 Å². The molecule has 0 unspecified atom stereocenters. The summed E-state index contributed by atoms with van der Waals surface area (Å²) in [6.07, 6.45) is 1.80. The third-order valence-corrected chi connectivity index (χ3v) is 17.5. The van der Waals surface area contributed by atoms with Gasteiger partial charge in [-0.3, -0.25) is 4.79 Å². The van der Waals surface area contributed by atoms with E-state index in [4.69, 9.17) is 17.7 Å². The van der Waals surface area contributed by atoms with Gasteiger partial charge in [0.2, 0.25) is 0 Å². The van der Waals surface area contributed by atoms with Gasteiger partial charge in [-0.05, 0) is 36.0 Å². The molecule has 0 aromatic carbocycles. The molecule has 0 aromatic rings. The van der Waals surface area contributed by atoms with Crippen LogP contribution in [0.2, 0.25) is 42.3 Å². The Morgan fingerprint density at radius 1 is 0.903 bits per heavy atom. The summed E-state index contributed by atoms with van der Waals surface area (Å²) in [6, 6.07) is 0.749. The number of carbonyl (C=O) groups is 1. The van der Waals surface area contributed by atoms with Gasteiger partial charge in [-0.15, -0.1) is 0 Å². The van der Waals surface area contributed by atoms with Gasteiger partial charge in [-0.1, -0.05) is 68.1 Å². The van der Waals surface area contributed by atoms with Crippen LogP contribution in [-0.2, 0) is 22.5 Å². The van der Waals surface area contributed by atoms with E-state index < -0.39 is 25.4 Å². The standard InChI is InChI=1S/C22H51NO5Si3/c1-13-16-27-30(25-8,26-9)17-14-15-23(29(10,11)12)18-22(24)28-31(19(2)3,20(4)5)21(6)7/h19-21H,13-18H2,1-12H3. The fourth-order valence-corrected chi connectivity index (χ4v) is 13.3. The molecule has 9 heteroatoms. The predicted molar refractivity (Wildman–Crippen MR) is 137 cm³/mol. The zero-order valence-corrected chi connectivity index (χ0v) is 25.5. The van der Waals surface area contributed by atoms with Crippen molar-refractivity contribution in [2.24, 2.45) is 0 Å². The average molecular weight is 494 g/mol. The van der Waals surface area contributed by atoms with E-state index in [9.17, 15) is 4.79 Å². The Morgan fingerprint density at radius 3 is 1.74 bits per heavy atom. The second-order valence-corrected chi connectivity index (χ2v) is 23.7. The van der Waals surface area contributed by atoms with Crippen molar-refractivity contribution in [3.63, 3.8) is 0 Å². The van der Waals surface area contributed by atoms with Gasteiger partial charge in [0.05, 0.1) is 6.54 Å². The fraction of sp³-hybridized carbons (Fsp3) is 0.955. The van der Waals surface area contributed by atoms with Crippen LogP contribution in [0.25, 0.3) is 0 Å². The van der Waals surface area contributed by atoms with Crippen molar-refractivity contribution < 1.29 is 22.5 Å². The molecule has 0 aliphatic heterocycles. The van der Waals surface area contributed by atoms with E-state index in [-0.39, 0.29) is 5.97 Å². The Hall–Kier alpha value is -0.0394. The number of carbonyl (C=O) groups excluding carboxylic acids is 1. The molecular formula is C22H51NO5Si3. The first-order chi connectivity index (χ1) is 14.2. The highest BCUT2D eigenvalue weighted by atomic mass is 28.4. The molecule has 0 atom stereocenters. The van der Waals surface area contributed by atoms with E-state index in [1.54, 1.807) is 14.2 Å². The van der Waals surface area contributed by atoms with Crippen LogP contribution < -0.4 is 0 Å². The molecule has 0 N–H and O–H groups in total. The lowest BCUT2D eigenvalue weighted by Crippen LogP contribution is -2.54. The highest BCUT2D eigenvalue weighted by Crippen LogP contribution is 2.42. The molecule has 0 fully saturated rings. The van der Waals surface area contributed by atoms with Crippen LogP contribution in [0.5, 0.6) is 0 Å². The minimum atomic E-state index is -2.63. The maximum atomic E-state index is 13.2. The first kappa shape index (κ1) is 31.0. The van der Waals surface area contributed by atoms with Crippen molar-refractivity contribution in [2.75, 3.05) is 33.9 Å². The van der Waals surface area contributed by atoms with Crippen LogP contribution in [0.3, 0.4) is 0 Å². The average Bonchev–Trinajstić information content (AvgIpc) is 2.66. The van der Waals surface area contributed by atoms with Gasteiger partial charge >= 0.3 is 14.8 Å². The molecule has 0 rings (SSSR count). The predicted octanol–water partition coefficient (Wildman–Crippen LogP) is 5.89. The molecule has 0 aliphatic rings. The molecule has 0 radical (unpaired) electrons. The molecule has 186 valence electrons. The van der Waals surface area contributed by atoms with E-state index in [2.05, 4.69) is 72.7 Å². The molecule has 31 heavy (non-hydrogen) atoms. The minimum Gasteiger partial charge on any atom is -0.517 e. The van der Waals surface area contributed by atoms with Crippen molar-refractivity contribution in [2.45, 2.75) is 104 Å². The second-order valence-electron chi connectivity index (χ2n) is 10.4. The van der Waals surface area contributed by atoms with Crippen LogP contribution in [0.1, 0.15) is 61.3 Å². The van der Waals surface area contributed by atoms with Crippen molar-refractivity contribution in [3.8, 4) is 0 Å². The fourth-order valence-electron chi connectivity index (χ4n) is 4.61. The minimum absolute atomic E-state index is 0.0607. The Kier molecular flexibility index (Phi) is 13.6. The van der Waals surface area contributed by atoms with Crippen LogP contribution in [-0.4, -0.2) is 69.8 Å². The van der Waals surface area contributed by atoms with Crippen molar-refractivity contribution >= 4 is 31.3 Å². The molecule has 0 aliphatic carbocycles. The molecule has 0 bridgehead atoms. The molecular weight excluding hydrogens is 443 g/mol. The largest absolute Gasteiger partial charge is 0.517 e. The quantitative estimate of drug-likeness (QED) is 0.250. The van der Waals surface area contributed by atoms with E-state index >= 15 is 0 Å². The van der Waals surface area contributed by atoms with Gasteiger partial charge in [0, 0.05) is 26.9 Å². The third kappa shape index (κ3) is 9.02. The topological polar surface area (TPSA) is 57.2 Å². The Morgan fingerprint density at radius 2 is 1.39 bits per heavy atom. The van der Waals surface area contributed by atoms with Crippen molar-refractivity contribution in [3.05, 3.63) is 0 Å². The maximum absolute atomic E-state index is 13.2. The first-order valence-corrected chi connectivity index (χ1v) is 19.4. The maximum Gasteiger partial charge on any atom is 0.500 e. The normalized spacial score (nSPS) is 13.7. The van der Waals surface area contributed by atoms with E-state index in [0.29, 0.717) is 29.8 Å². The Balaban J connectivity index is 5.30. The first-order valence-electron chi connectivity index (χ1n) is 11.9. The summed E-state index contributed by atoms with van der Waals surface area (Å²) >= 11 is 0. The van der Waals surface area contributed by atoms with E-state index in [0.717, 1.165) is 25.4 Å². The SMILES string of the molecule is CCCO[Si](CCCN(CC(=O)O[Si](C(C)C)(C(C)C)C(C)C)[Si](C)(C)C)(OC)OC. The van der Waals surface area contributed by atoms with Crippen LogP contribution >= 0.6 is 0 Å². The summed E-state index contributed by atoms with van der Waals surface area (Å²) in [7, 11) is -3.21. The zero-order chi connectivity index (χ0) is 24.5. The van der Waals surface area contributed by atoms with Crippen LogP contribution in [0.15, 0.2) is 0 Å². The number of hydrogen-bond donors (Lipinski definition) is 0. The van der Waals surface area contributed by atoms with Gasteiger partial charge < -0.3 is 22.3 Å². The van der Waals surface area contributed by atoms with Gasteiger partial charge in [-0.2, -0.15) is 0 Å². The summed E-state index contributed by atoms with van der Waals surface area (Å²) in [5, 5.41) is 0. The summed E-state index contributed by atoms with van der Waals surface area (Å²) in [5.41, 5.74) is 1.17. The molecule has 0 saturated carbocycles. The molecule has 0 spiro atoms. The highest BCUT2D eigenvalue weighted by molar-refractivity contribution is 6.79. The second kappa shape index (κ2) is 13.6. The zero-order valence-electron chi connectivity index (χ0n) is 22.5. The Bertz CT molecular complexity index is 498. The molecule has 0 aromatic heterocycles. The van der Waals surface area contributed by atoms with Gasteiger partial charge in [0.25, 0.3) is 8.32 Å². The third-order valence-electron chi connectivity index (χ3n) is 6.33. The number of nitrogens with zero attached hydrogens (tertiary/aromatic N) is 1. The van der Waals surface area contributed by atoms with E-state index in [1.807, 2.05) is 0 Å². The number of rotatable bonds is 16. The van der Waals surface area contributed by atoms with Gasteiger partial charge in [0.1, 0.15) is 8.24 Å². The molecule has 0 amide bonds. The Labute approximate surface area is 195 Å². The van der Waals surface area contributed by atoms with Crippen LogP contribution in [0, 0.1) is 0 Å². The smallest absolute Gasteiger partial charge is 0.500 e. The lowest BCUT2D eigenvalue weighted by Gasteiger charge is -2.42. The van der Waals surface area contributed by atoms with Gasteiger partial charge in [-0.25, -0.2) is 0 Å². The molecule has 0 heterocycles. The van der Waals surface area contributed by atoms with E-state index in [1.165, 1.54) is 0 Å². The summed E-state index contributed by atoms with van der Waals surface area (Å²) in [5.74, 6) is -0.0607.